The van der Waals surface area contributed by atoms with Crippen LogP contribution in [0.25, 0.3) is 11.4 Å². The lowest BCUT2D eigenvalue weighted by atomic mass is 10.0. The molecule has 1 N–H and O–H groups in total. The number of hydrogen-bond donors (Lipinski definition) is 1. The number of aromatic nitrogens is 2. The Kier molecular flexibility index (Phi) is 7.15. The summed E-state index contributed by atoms with van der Waals surface area (Å²) in [6.07, 6.45) is 0.890. The third-order valence-electron chi connectivity index (χ3n) is 6.52. The summed E-state index contributed by atoms with van der Waals surface area (Å²) in [6, 6.07) is 16.2. The van der Waals surface area contributed by atoms with Crippen molar-refractivity contribution in [1.82, 2.24) is 14.9 Å². The molecule has 1 aliphatic heterocycles. The molecule has 1 saturated heterocycles. The minimum absolute atomic E-state index is 0.0350. The first-order valence-corrected chi connectivity index (χ1v) is 12.2. The number of hydrogen-bond acceptors (Lipinski definition) is 4. The van der Waals surface area contributed by atoms with Crippen molar-refractivity contribution in [2.75, 3.05) is 36.4 Å². The molecule has 2 heterocycles. The SMILES string of the molecule is Cc1cccc(C)c1NC(=O)N1CCCN(c2nc(-c3ccccc3)nc(C)c2C(C)C)CC1. The van der Waals surface area contributed by atoms with Crippen LogP contribution in [0.1, 0.15) is 48.6 Å². The Balaban J connectivity index is 1.57. The van der Waals surface area contributed by atoms with Gasteiger partial charge in [0.1, 0.15) is 5.82 Å². The summed E-state index contributed by atoms with van der Waals surface area (Å²) < 4.78 is 0. The highest BCUT2D eigenvalue weighted by atomic mass is 16.2. The van der Waals surface area contributed by atoms with Gasteiger partial charge < -0.3 is 15.1 Å². The van der Waals surface area contributed by atoms with Gasteiger partial charge in [-0.25, -0.2) is 14.8 Å². The molecular formula is C28H35N5O. The van der Waals surface area contributed by atoms with E-state index in [1.807, 2.05) is 55.1 Å². The molecule has 2 aromatic carbocycles. The van der Waals surface area contributed by atoms with E-state index in [0.717, 1.165) is 65.8 Å². The molecule has 0 bridgehead atoms. The van der Waals surface area contributed by atoms with Crippen LogP contribution in [0.4, 0.5) is 16.3 Å². The van der Waals surface area contributed by atoms with Gasteiger partial charge in [-0.2, -0.15) is 0 Å². The van der Waals surface area contributed by atoms with E-state index in [2.05, 4.69) is 43.1 Å². The number of rotatable bonds is 4. The average molecular weight is 458 g/mol. The van der Waals surface area contributed by atoms with Crippen LogP contribution in [-0.2, 0) is 0 Å². The highest BCUT2D eigenvalue weighted by Crippen LogP contribution is 2.31. The molecule has 0 aliphatic carbocycles. The first-order valence-electron chi connectivity index (χ1n) is 12.2. The number of aryl methyl sites for hydroxylation is 3. The molecule has 6 heteroatoms. The van der Waals surface area contributed by atoms with Crippen molar-refractivity contribution in [3.8, 4) is 11.4 Å². The number of benzene rings is 2. The van der Waals surface area contributed by atoms with Gasteiger partial charge in [-0.05, 0) is 44.2 Å². The lowest BCUT2D eigenvalue weighted by Crippen LogP contribution is -2.38. The normalized spacial score (nSPS) is 14.3. The molecule has 0 spiro atoms. The van der Waals surface area contributed by atoms with Gasteiger partial charge in [0, 0.05) is 48.7 Å². The average Bonchev–Trinajstić information content (AvgIpc) is 3.07. The van der Waals surface area contributed by atoms with Crippen LogP contribution in [0.5, 0.6) is 0 Å². The molecular weight excluding hydrogens is 422 g/mol. The molecule has 0 radical (unpaired) electrons. The maximum atomic E-state index is 13.1. The number of amides is 2. The maximum absolute atomic E-state index is 13.1. The van der Waals surface area contributed by atoms with Crippen molar-refractivity contribution in [2.45, 2.75) is 47.0 Å². The Hall–Kier alpha value is -3.41. The third kappa shape index (κ3) is 5.06. The van der Waals surface area contributed by atoms with Crippen molar-refractivity contribution < 1.29 is 4.79 Å². The predicted octanol–water partition coefficient (Wildman–Crippen LogP) is 5.94. The lowest BCUT2D eigenvalue weighted by molar-refractivity contribution is 0.215. The maximum Gasteiger partial charge on any atom is 0.321 e. The number of para-hydroxylation sites is 1. The van der Waals surface area contributed by atoms with E-state index in [1.54, 1.807) is 0 Å². The monoisotopic (exact) mass is 457 g/mol. The second-order valence-corrected chi connectivity index (χ2v) is 9.42. The quantitative estimate of drug-likeness (QED) is 0.527. The number of nitrogens with one attached hydrogen (secondary N) is 1. The zero-order valence-electron chi connectivity index (χ0n) is 20.9. The largest absolute Gasteiger partial charge is 0.354 e. The van der Waals surface area contributed by atoms with E-state index in [9.17, 15) is 4.79 Å². The molecule has 1 aromatic heterocycles. The van der Waals surface area contributed by atoms with Crippen LogP contribution in [0.2, 0.25) is 0 Å². The molecule has 34 heavy (non-hydrogen) atoms. The Morgan fingerprint density at radius 3 is 2.26 bits per heavy atom. The molecule has 1 fully saturated rings. The van der Waals surface area contributed by atoms with Gasteiger partial charge in [-0.15, -0.1) is 0 Å². The van der Waals surface area contributed by atoms with Crippen molar-refractivity contribution >= 4 is 17.5 Å². The molecule has 0 unspecified atom stereocenters. The van der Waals surface area contributed by atoms with E-state index >= 15 is 0 Å². The van der Waals surface area contributed by atoms with E-state index in [1.165, 1.54) is 5.56 Å². The molecule has 3 aromatic rings. The molecule has 1 aliphatic rings. The molecule has 4 rings (SSSR count). The Bertz CT molecular complexity index is 1140. The van der Waals surface area contributed by atoms with Crippen molar-refractivity contribution in [1.29, 1.82) is 0 Å². The summed E-state index contributed by atoms with van der Waals surface area (Å²) in [6.45, 7) is 13.5. The fourth-order valence-electron chi connectivity index (χ4n) is 4.73. The van der Waals surface area contributed by atoms with E-state index < -0.39 is 0 Å². The first-order chi connectivity index (χ1) is 16.3. The van der Waals surface area contributed by atoms with Gasteiger partial charge in [-0.1, -0.05) is 62.4 Å². The zero-order valence-corrected chi connectivity index (χ0v) is 20.9. The van der Waals surface area contributed by atoms with Gasteiger partial charge in [-0.3, -0.25) is 0 Å². The zero-order chi connectivity index (χ0) is 24.2. The Morgan fingerprint density at radius 2 is 1.59 bits per heavy atom. The molecule has 6 nitrogen and oxygen atoms in total. The van der Waals surface area contributed by atoms with Crippen molar-refractivity contribution in [3.63, 3.8) is 0 Å². The summed E-state index contributed by atoms with van der Waals surface area (Å²) in [5, 5.41) is 3.14. The fraction of sp³-hybridized carbons (Fsp3) is 0.393. The van der Waals surface area contributed by atoms with Crippen LogP contribution >= 0.6 is 0 Å². The summed E-state index contributed by atoms with van der Waals surface area (Å²) >= 11 is 0. The number of carbonyl (C=O) groups is 1. The summed E-state index contributed by atoms with van der Waals surface area (Å²) in [7, 11) is 0. The molecule has 0 saturated carbocycles. The van der Waals surface area contributed by atoms with Gasteiger partial charge in [0.25, 0.3) is 0 Å². The highest BCUT2D eigenvalue weighted by Gasteiger charge is 2.25. The number of urea groups is 1. The van der Waals surface area contributed by atoms with Crippen molar-refractivity contribution in [3.05, 3.63) is 70.9 Å². The third-order valence-corrected chi connectivity index (χ3v) is 6.52. The van der Waals surface area contributed by atoms with Crippen LogP contribution in [0.3, 0.4) is 0 Å². The fourth-order valence-corrected chi connectivity index (χ4v) is 4.73. The number of anilines is 2. The van der Waals surface area contributed by atoms with Crippen molar-refractivity contribution in [2.24, 2.45) is 0 Å². The van der Waals surface area contributed by atoms with Crippen LogP contribution < -0.4 is 10.2 Å². The van der Waals surface area contributed by atoms with E-state index in [0.29, 0.717) is 12.5 Å². The summed E-state index contributed by atoms with van der Waals surface area (Å²) in [4.78, 5) is 27.3. The minimum Gasteiger partial charge on any atom is -0.354 e. The summed E-state index contributed by atoms with van der Waals surface area (Å²) in [5.41, 5.74) is 6.30. The molecule has 2 amide bonds. The van der Waals surface area contributed by atoms with Gasteiger partial charge in [0.15, 0.2) is 5.82 Å². The van der Waals surface area contributed by atoms with Gasteiger partial charge >= 0.3 is 6.03 Å². The Labute approximate surface area is 203 Å². The van der Waals surface area contributed by atoms with Crippen LogP contribution in [0, 0.1) is 20.8 Å². The highest BCUT2D eigenvalue weighted by molar-refractivity contribution is 5.91. The Morgan fingerprint density at radius 1 is 0.882 bits per heavy atom. The lowest BCUT2D eigenvalue weighted by Gasteiger charge is -2.27. The van der Waals surface area contributed by atoms with Gasteiger partial charge in [0.05, 0.1) is 0 Å². The van der Waals surface area contributed by atoms with Gasteiger partial charge in [0.2, 0.25) is 0 Å². The first kappa shape index (κ1) is 23.7. The van der Waals surface area contributed by atoms with Crippen LogP contribution in [-0.4, -0.2) is 47.1 Å². The molecule has 0 atom stereocenters. The molecule has 178 valence electrons. The number of carbonyl (C=O) groups excluding carboxylic acids is 1. The van der Waals surface area contributed by atoms with E-state index in [-0.39, 0.29) is 6.03 Å². The standard InChI is InChI=1S/C28H35N5O/c1-19(2)24-22(5)29-26(23-13-7-6-8-14-23)31-27(24)32-15-10-16-33(18-17-32)28(34)30-25-20(3)11-9-12-21(25)4/h6-9,11-14,19H,10,15-18H2,1-5H3,(H,30,34). The summed E-state index contributed by atoms with van der Waals surface area (Å²) in [5.74, 6) is 2.07. The minimum atomic E-state index is -0.0350. The van der Waals surface area contributed by atoms with E-state index in [4.69, 9.17) is 9.97 Å². The topological polar surface area (TPSA) is 61.4 Å². The van der Waals surface area contributed by atoms with Crippen LogP contribution in [0.15, 0.2) is 48.5 Å². The predicted molar refractivity (Wildman–Crippen MR) is 140 cm³/mol. The second-order valence-electron chi connectivity index (χ2n) is 9.42. The number of nitrogens with zero attached hydrogens (tertiary/aromatic N) is 4. The second kappa shape index (κ2) is 10.2. The smallest absolute Gasteiger partial charge is 0.321 e.